The van der Waals surface area contributed by atoms with Gasteiger partial charge in [0.2, 0.25) is 5.91 Å². The van der Waals surface area contributed by atoms with E-state index in [4.69, 9.17) is 0 Å². The van der Waals surface area contributed by atoms with Crippen molar-refractivity contribution in [3.05, 3.63) is 18.2 Å². The molecule has 1 spiro atoms. The number of rotatable bonds is 3. The molecule has 4 rings (SSSR count). The highest BCUT2D eigenvalue weighted by atomic mass is 16.2. The van der Waals surface area contributed by atoms with E-state index in [1.807, 2.05) is 11.9 Å². The van der Waals surface area contributed by atoms with Gasteiger partial charge in [-0.05, 0) is 44.4 Å². The Kier molecular flexibility index (Phi) is 4.29. The van der Waals surface area contributed by atoms with Crippen molar-refractivity contribution in [3.8, 4) is 0 Å². The van der Waals surface area contributed by atoms with Gasteiger partial charge in [-0.3, -0.25) is 9.59 Å². The summed E-state index contributed by atoms with van der Waals surface area (Å²) in [7, 11) is 1.87. The van der Waals surface area contributed by atoms with E-state index in [2.05, 4.69) is 9.88 Å². The van der Waals surface area contributed by atoms with Crippen molar-refractivity contribution >= 4 is 11.8 Å². The number of aromatic nitrogens is 2. The Balaban J connectivity index is 1.39. The fraction of sp³-hybridized carbons (Fsp3) is 0.737. The Morgan fingerprint density at radius 2 is 1.96 bits per heavy atom. The molecule has 3 aliphatic rings. The van der Waals surface area contributed by atoms with Crippen molar-refractivity contribution in [2.45, 2.75) is 44.9 Å². The summed E-state index contributed by atoms with van der Waals surface area (Å²) in [6.07, 6.45) is 11.0. The van der Waals surface area contributed by atoms with E-state index in [0.717, 1.165) is 44.7 Å². The highest BCUT2D eigenvalue weighted by Gasteiger charge is 2.46. The lowest BCUT2D eigenvalue weighted by atomic mass is 9.71. The van der Waals surface area contributed by atoms with Gasteiger partial charge >= 0.3 is 0 Å². The number of aryl methyl sites for hydroxylation is 1. The maximum Gasteiger partial charge on any atom is 0.274 e. The maximum atomic E-state index is 13.1. The Bertz CT molecular complexity index is 656. The van der Waals surface area contributed by atoms with Crippen LogP contribution in [0, 0.1) is 11.3 Å². The molecule has 3 fully saturated rings. The van der Waals surface area contributed by atoms with Crippen LogP contribution < -0.4 is 0 Å². The molecule has 1 aliphatic carbocycles. The van der Waals surface area contributed by atoms with Gasteiger partial charge in [-0.25, -0.2) is 4.98 Å². The van der Waals surface area contributed by atoms with Crippen LogP contribution in [0.15, 0.2) is 12.5 Å². The predicted molar refractivity (Wildman–Crippen MR) is 93.9 cm³/mol. The largest absolute Gasteiger partial charge is 0.342 e. The number of carbonyl (C=O) groups is 2. The zero-order valence-electron chi connectivity index (χ0n) is 15.1. The second-order valence-electron chi connectivity index (χ2n) is 8.15. The Morgan fingerprint density at radius 1 is 1.20 bits per heavy atom. The third-order valence-electron chi connectivity index (χ3n) is 6.46. The van der Waals surface area contributed by atoms with E-state index in [0.29, 0.717) is 24.7 Å². The lowest BCUT2D eigenvalue weighted by Crippen LogP contribution is -2.55. The number of hydrogen-bond acceptors (Lipinski definition) is 3. The van der Waals surface area contributed by atoms with Gasteiger partial charge in [0.1, 0.15) is 5.69 Å². The summed E-state index contributed by atoms with van der Waals surface area (Å²) < 4.78 is 1.79. The molecule has 0 atom stereocenters. The fourth-order valence-corrected chi connectivity index (χ4v) is 4.60. The van der Waals surface area contributed by atoms with E-state index in [-0.39, 0.29) is 11.3 Å². The average molecular weight is 344 g/mol. The van der Waals surface area contributed by atoms with Crippen LogP contribution in [0.3, 0.4) is 0 Å². The molecular formula is C19H28N4O2. The van der Waals surface area contributed by atoms with Gasteiger partial charge in [-0.1, -0.05) is 6.42 Å². The third kappa shape index (κ3) is 3.07. The van der Waals surface area contributed by atoms with E-state index >= 15 is 0 Å². The summed E-state index contributed by atoms with van der Waals surface area (Å²) in [4.78, 5) is 33.9. The van der Waals surface area contributed by atoms with Crippen molar-refractivity contribution in [3.63, 3.8) is 0 Å². The predicted octanol–water partition coefficient (Wildman–Crippen LogP) is 2.06. The van der Waals surface area contributed by atoms with Crippen molar-refractivity contribution in [1.29, 1.82) is 0 Å². The second-order valence-corrected chi connectivity index (χ2v) is 8.15. The average Bonchev–Trinajstić information content (AvgIpc) is 3.01. The maximum absolute atomic E-state index is 13.1. The van der Waals surface area contributed by atoms with Crippen molar-refractivity contribution in [2.24, 2.45) is 18.4 Å². The van der Waals surface area contributed by atoms with Crippen LogP contribution in [0.1, 0.15) is 55.4 Å². The standard InChI is InChI=1S/C19H28N4O2/c1-21-13-16(20-14-21)17(24)22-10-7-19(8-11-22)6-3-9-23(18(19)25)12-15-4-2-5-15/h13-15H,2-12H2,1H3. The van der Waals surface area contributed by atoms with Gasteiger partial charge in [-0.15, -0.1) is 0 Å². The first-order valence-corrected chi connectivity index (χ1v) is 9.64. The quantitative estimate of drug-likeness (QED) is 0.843. The van der Waals surface area contributed by atoms with Gasteiger partial charge in [0, 0.05) is 39.4 Å². The van der Waals surface area contributed by atoms with Crippen LogP contribution in [-0.4, -0.2) is 57.3 Å². The fourth-order valence-electron chi connectivity index (χ4n) is 4.60. The number of nitrogens with zero attached hydrogens (tertiary/aromatic N) is 4. The molecule has 3 heterocycles. The summed E-state index contributed by atoms with van der Waals surface area (Å²) in [5.41, 5.74) is 0.281. The molecule has 6 heteroatoms. The highest BCUT2D eigenvalue weighted by molar-refractivity contribution is 5.92. The number of likely N-dealkylation sites (tertiary alicyclic amines) is 2. The second kappa shape index (κ2) is 6.46. The topological polar surface area (TPSA) is 58.4 Å². The molecule has 0 unspecified atom stereocenters. The van der Waals surface area contributed by atoms with E-state index in [9.17, 15) is 9.59 Å². The first kappa shape index (κ1) is 16.6. The minimum absolute atomic E-state index is 0.00923. The van der Waals surface area contributed by atoms with Crippen molar-refractivity contribution < 1.29 is 9.59 Å². The van der Waals surface area contributed by atoms with Crippen molar-refractivity contribution in [1.82, 2.24) is 19.4 Å². The molecular weight excluding hydrogens is 316 g/mol. The molecule has 2 amide bonds. The van der Waals surface area contributed by atoms with Crippen LogP contribution in [0.4, 0.5) is 0 Å². The lowest BCUT2D eigenvalue weighted by molar-refractivity contribution is -0.150. The van der Waals surface area contributed by atoms with Crippen molar-refractivity contribution in [2.75, 3.05) is 26.2 Å². The molecule has 2 aliphatic heterocycles. The summed E-state index contributed by atoms with van der Waals surface area (Å²) in [6.45, 7) is 3.21. The summed E-state index contributed by atoms with van der Waals surface area (Å²) in [6, 6.07) is 0. The molecule has 0 bridgehead atoms. The number of amides is 2. The molecule has 0 N–H and O–H groups in total. The molecule has 1 saturated carbocycles. The van der Waals surface area contributed by atoms with Crippen LogP contribution in [0.5, 0.6) is 0 Å². The van der Waals surface area contributed by atoms with Gasteiger partial charge in [0.05, 0.1) is 11.7 Å². The first-order chi connectivity index (χ1) is 12.1. The van der Waals surface area contributed by atoms with E-state index < -0.39 is 0 Å². The van der Waals surface area contributed by atoms with Gasteiger partial charge < -0.3 is 14.4 Å². The first-order valence-electron chi connectivity index (χ1n) is 9.64. The highest BCUT2D eigenvalue weighted by Crippen LogP contribution is 2.42. The molecule has 2 saturated heterocycles. The number of hydrogen-bond donors (Lipinski definition) is 0. The van der Waals surface area contributed by atoms with E-state index in [1.165, 1.54) is 19.3 Å². The summed E-state index contributed by atoms with van der Waals surface area (Å²) >= 11 is 0. The monoisotopic (exact) mass is 344 g/mol. The molecule has 25 heavy (non-hydrogen) atoms. The zero-order chi connectivity index (χ0) is 17.4. The number of imidazole rings is 1. The normalized spacial score (nSPS) is 23.8. The van der Waals surface area contributed by atoms with Crippen LogP contribution in [0.25, 0.3) is 0 Å². The Hall–Kier alpha value is -1.85. The van der Waals surface area contributed by atoms with Crippen LogP contribution in [0.2, 0.25) is 0 Å². The summed E-state index contributed by atoms with van der Waals surface area (Å²) in [5, 5.41) is 0. The zero-order valence-corrected chi connectivity index (χ0v) is 15.1. The van der Waals surface area contributed by atoms with Crippen LogP contribution >= 0.6 is 0 Å². The van der Waals surface area contributed by atoms with Gasteiger partial charge in [0.15, 0.2) is 0 Å². The number of carbonyl (C=O) groups excluding carboxylic acids is 2. The van der Waals surface area contributed by atoms with Gasteiger partial charge in [-0.2, -0.15) is 0 Å². The molecule has 1 aromatic rings. The smallest absolute Gasteiger partial charge is 0.274 e. The summed E-state index contributed by atoms with van der Waals surface area (Å²) in [5.74, 6) is 1.07. The molecule has 0 radical (unpaired) electrons. The molecule has 136 valence electrons. The molecule has 0 aromatic carbocycles. The van der Waals surface area contributed by atoms with Crippen LogP contribution in [-0.2, 0) is 11.8 Å². The minimum Gasteiger partial charge on any atom is -0.342 e. The lowest BCUT2D eigenvalue weighted by Gasteiger charge is -2.47. The van der Waals surface area contributed by atoms with E-state index in [1.54, 1.807) is 17.1 Å². The number of piperidine rings is 2. The molecule has 6 nitrogen and oxygen atoms in total. The Morgan fingerprint density at radius 3 is 2.56 bits per heavy atom. The Labute approximate surface area is 149 Å². The van der Waals surface area contributed by atoms with Gasteiger partial charge in [0.25, 0.3) is 5.91 Å². The third-order valence-corrected chi connectivity index (χ3v) is 6.46. The SMILES string of the molecule is Cn1cnc(C(=O)N2CCC3(CCCN(CC4CCC4)C3=O)CC2)c1. The molecule has 1 aromatic heterocycles. The minimum atomic E-state index is -0.219.